The van der Waals surface area contributed by atoms with Gasteiger partial charge >= 0.3 is 6.18 Å². The molecule has 1 aromatic rings. The zero-order chi connectivity index (χ0) is 22.6. The Labute approximate surface area is 176 Å². The van der Waals surface area contributed by atoms with Gasteiger partial charge in [-0.15, -0.1) is 0 Å². The molecule has 1 aliphatic heterocycles. The molecule has 1 atom stereocenters. The van der Waals surface area contributed by atoms with E-state index in [4.69, 9.17) is 4.74 Å². The summed E-state index contributed by atoms with van der Waals surface area (Å²) < 4.78 is 69.4. The molecule has 1 saturated heterocycles. The number of guanidine groups is 1. The molecule has 1 aliphatic rings. The van der Waals surface area contributed by atoms with E-state index >= 15 is 0 Å². The van der Waals surface area contributed by atoms with Crippen LogP contribution in [0.5, 0.6) is 5.75 Å². The molecule has 1 aromatic carbocycles. The van der Waals surface area contributed by atoms with Crippen molar-refractivity contribution in [1.82, 2.24) is 10.6 Å². The minimum absolute atomic E-state index is 0.0292. The quantitative estimate of drug-likeness (QED) is 0.514. The third kappa shape index (κ3) is 7.70. The number of alkyl halides is 3. The first-order valence-corrected chi connectivity index (χ1v) is 11.7. The summed E-state index contributed by atoms with van der Waals surface area (Å²) in [6, 6.07) is 3.88. The lowest BCUT2D eigenvalue weighted by Gasteiger charge is -2.22. The fourth-order valence-electron chi connectivity index (χ4n) is 3.15. The van der Waals surface area contributed by atoms with Crippen molar-refractivity contribution in [1.29, 1.82) is 0 Å². The van der Waals surface area contributed by atoms with Gasteiger partial charge in [-0.1, -0.05) is 6.07 Å². The number of hydrogen-bond donors (Lipinski definition) is 2. The van der Waals surface area contributed by atoms with Crippen LogP contribution in [0.3, 0.4) is 0 Å². The molecule has 2 N–H and O–H groups in total. The van der Waals surface area contributed by atoms with Crippen LogP contribution in [-0.2, 0) is 22.6 Å². The third-order valence-corrected chi connectivity index (χ3v) is 6.28. The summed E-state index contributed by atoms with van der Waals surface area (Å²) >= 11 is 0. The number of hydrogen-bond acceptors (Lipinski definition) is 4. The van der Waals surface area contributed by atoms with Crippen LogP contribution in [0, 0.1) is 5.92 Å². The summed E-state index contributed by atoms with van der Waals surface area (Å²) in [5.41, 5.74) is -1.37. The fourth-order valence-corrected chi connectivity index (χ4v) is 5.02. The lowest BCUT2D eigenvalue weighted by atomic mass is 10.1. The number of ether oxygens (including phenoxy) is 1. The van der Waals surface area contributed by atoms with E-state index in [2.05, 4.69) is 15.6 Å². The molecule has 0 aliphatic carbocycles. The number of rotatable bonds is 6. The minimum atomic E-state index is -4.54. The van der Waals surface area contributed by atoms with E-state index in [1.807, 2.05) is 6.92 Å². The summed E-state index contributed by atoms with van der Waals surface area (Å²) in [5.74, 6) is 0.760. The molecule has 6 nitrogen and oxygen atoms in total. The molecule has 0 radical (unpaired) electrons. The van der Waals surface area contributed by atoms with Crippen LogP contribution in [0.4, 0.5) is 13.2 Å². The Morgan fingerprint density at radius 3 is 2.47 bits per heavy atom. The number of sulfone groups is 1. The maximum absolute atomic E-state index is 13.6. The molecule has 1 fully saturated rings. The fraction of sp³-hybridized carbons (Fsp3) is 0.650. The number of halogens is 3. The normalized spacial score (nSPS) is 19.6. The SMILES string of the molecule is CCNC(=NCc1ccc(OC(C)(C)C)cc1C(F)(F)F)NCC1CCS(=O)(=O)C1. The van der Waals surface area contributed by atoms with Crippen LogP contribution in [-0.4, -0.2) is 44.6 Å². The minimum Gasteiger partial charge on any atom is -0.488 e. The second kappa shape index (κ2) is 9.45. The second-order valence-corrected chi connectivity index (χ2v) is 10.6. The Morgan fingerprint density at radius 2 is 1.93 bits per heavy atom. The third-order valence-electron chi connectivity index (χ3n) is 4.45. The topological polar surface area (TPSA) is 79.8 Å². The first-order valence-electron chi connectivity index (χ1n) is 9.91. The predicted molar refractivity (Wildman–Crippen MR) is 111 cm³/mol. The Bertz CT molecular complexity index is 862. The van der Waals surface area contributed by atoms with Crippen molar-refractivity contribution in [3.63, 3.8) is 0 Å². The molecular formula is C20H30F3N3O3S. The first kappa shape index (κ1) is 24.3. The lowest BCUT2D eigenvalue weighted by Crippen LogP contribution is -2.40. The molecular weight excluding hydrogens is 419 g/mol. The van der Waals surface area contributed by atoms with Crippen molar-refractivity contribution >= 4 is 15.8 Å². The smallest absolute Gasteiger partial charge is 0.416 e. The lowest BCUT2D eigenvalue weighted by molar-refractivity contribution is -0.138. The molecule has 30 heavy (non-hydrogen) atoms. The van der Waals surface area contributed by atoms with Gasteiger partial charge in [0.05, 0.1) is 23.6 Å². The molecule has 2 rings (SSSR count). The number of benzene rings is 1. The van der Waals surface area contributed by atoms with Crippen LogP contribution < -0.4 is 15.4 Å². The number of nitrogens with one attached hydrogen (secondary N) is 2. The Balaban J connectivity index is 2.15. The van der Waals surface area contributed by atoms with Gasteiger partial charge in [0.25, 0.3) is 0 Å². The summed E-state index contributed by atoms with van der Waals surface area (Å²) in [5, 5.41) is 6.02. The highest BCUT2D eigenvalue weighted by Gasteiger charge is 2.34. The summed E-state index contributed by atoms with van der Waals surface area (Å²) in [6.45, 7) is 7.89. The van der Waals surface area contributed by atoms with Crippen molar-refractivity contribution in [3.8, 4) is 5.75 Å². The van der Waals surface area contributed by atoms with Crippen molar-refractivity contribution < 1.29 is 26.3 Å². The van der Waals surface area contributed by atoms with Gasteiger partial charge in [-0.3, -0.25) is 0 Å². The predicted octanol–water partition coefficient (Wildman–Crippen LogP) is 3.37. The van der Waals surface area contributed by atoms with Crippen molar-refractivity contribution in [2.45, 2.75) is 52.4 Å². The van der Waals surface area contributed by atoms with Crippen molar-refractivity contribution in [2.24, 2.45) is 10.9 Å². The Morgan fingerprint density at radius 1 is 1.23 bits per heavy atom. The van der Waals surface area contributed by atoms with Crippen molar-refractivity contribution in [2.75, 3.05) is 24.6 Å². The van der Waals surface area contributed by atoms with Gasteiger partial charge in [0.15, 0.2) is 15.8 Å². The van der Waals surface area contributed by atoms with Gasteiger partial charge in [-0.25, -0.2) is 13.4 Å². The first-order chi connectivity index (χ1) is 13.8. The molecule has 1 heterocycles. The van der Waals surface area contributed by atoms with Crippen LogP contribution in [0.2, 0.25) is 0 Å². The molecule has 1 unspecified atom stereocenters. The van der Waals surface area contributed by atoms with Gasteiger partial charge in [0.2, 0.25) is 0 Å². The summed E-state index contributed by atoms with van der Waals surface area (Å²) in [7, 11) is -2.99. The average Bonchev–Trinajstić information content (AvgIpc) is 2.95. The highest BCUT2D eigenvalue weighted by atomic mass is 32.2. The van der Waals surface area contributed by atoms with Gasteiger partial charge < -0.3 is 15.4 Å². The van der Waals surface area contributed by atoms with E-state index in [-0.39, 0.29) is 35.3 Å². The van der Waals surface area contributed by atoms with Crippen LogP contribution in [0.25, 0.3) is 0 Å². The molecule has 10 heteroatoms. The van der Waals surface area contributed by atoms with Gasteiger partial charge in [0.1, 0.15) is 11.4 Å². The maximum Gasteiger partial charge on any atom is 0.416 e. The van der Waals surface area contributed by atoms with Crippen LogP contribution in [0.1, 0.15) is 45.2 Å². The molecule has 0 amide bonds. The van der Waals surface area contributed by atoms with E-state index in [1.165, 1.54) is 12.1 Å². The van der Waals surface area contributed by atoms with E-state index in [0.29, 0.717) is 25.5 Å². The second-order valence-electron chi connectivity index (χ2n) is 8.38. The summed E-state index contributed by atoms with van der Waals surface area (Å²) in [6.07, 6.45) is -3.96. The molecule has 0 saturated carbocycles. The molecule has 0 aromatic heterocycles. The van der Waals surface area contributed by atoms with E-state index in [1.54, 1.807) is 20.8 Å². The molecule has 0 spiro atoms. The van der Waals surface area contributed by atoms with E-state index in [0.717, 1.165) is 6.07 Å². The van der Waals surface area contributed by atoms with Crippen molar-refractivity contribution in [3.05, 3.63) is 29.3 Å². The van der Waals surface area contributed by atoms with Crippen LogP contribution >= 0.6 is 0 Å². The highest BCUT2D eigenvalue weighted by Crippen LogP contribution is 2.35. The summed E-state index contributed by atoms with van der Waals surface area (Å²) in [4.78, 5) is 4.26. The van der Waals surface area contributed by atoms with E-state index in [9.17, 15) is 21.6 Å². The Hall–Kier alpha value is -1.97. The average molecular weight is 450 g/mol. The van der Waals surface area contributed by atoms with Gasteiger partial charge in [0, 0.05) is 13.1 Å². The molecule has 170 valence electrons. The number of nitrogens with zero attached hydrogens (tertiary/aromatic N) is 1. The van der Waals surface area contributed by atoms with E-state index < -0.39 is 27.2 Å². The monoisotopic (exact) mass is 449 g/mol. The largest absolute Gasteiger partial charge is 0.488 e. The number of aliphatic imine (C=N–C) groups is 1. The zero-order valence-corrected chi connectivity index (χ0v) is 18.6. The maximum atomic E-state index is 13.6. The zero-order valence-electron chi connectivity index (χ0n) is 17.8. The molecule has 0 bridgehead atoms. The standard InChI is InChI=1S/C20H30F3N3O3S/c1-5-24-18(25-11-14-8-9-30(27,28)13-14)26-12-15-6-7-16(29-19(2,3)4)10-17(15)20(21,22)23/h6-7,10,14H,5,8-9,11-13H2,1-4H3,(H2,24,25,26). The van der Waals surface area contributed by atoms with Gasteiger partial charge in [-0.2, -0.15) is 13.2 Å². The Kier molecular flexibility index (Phi) is 7.65. The van der Waals surface area contributed by atoms with Gasteiger partial charge in [-0.05, 0) is 57.7 Å². The van der Waals surface area contributed by atoms with Crippen LogP contribution in [0.15, 0.2) is 23.2 Å². The highest BCUT2D eigenvalue weighted by molar-refractivity contribution is 7.91.